The van der Waals surface area contributed by atoms with Crippen molar-refractivity contribution in [1.29, 1.82) is 0 Å². The molecule has 1 aliphatic heterocycles. The highest BCUT2D eigenvalue weighted by Crippen LogP contribution is 2.30. The van der Waals surface area contributed by atoms with Crippen LogP contribution in [-0.2, 0) is 18.4 Å². The van der Waals surface area contributed by atoms with E-state index >= 15 is 0 Å². The van der Waals surface area contributed by atoms with Crippen LogP contribution in [0.1, 0.15) is 12.0 Å². The highest BCUT2D eigenvalue weighted by Gasteiger charge is 2.19. The molecular formula is C22H26N6O2. The van der Waals surface area contributed by atoms with Crippen molar-refractivity contribution in [3.05, 3.63) is 48.3 Å². The predicted molar refractivity (Wildman–Crippen MR) is 114 cm³/mol. The number of methoxy groups -OCH3 is 1. The molecule has 1 aliphatic rings. The molecule has 0 N–H and O–H groups in total. The van der Waals surface area contributed by atoms with E-state index in [0.717, 1.165) is 60.3 Å². The second-order valence-corrected chi connectivity index (χ2v) is 7.54. The van der Waals surface area contributed by atoms with Gasteiger partial charge >= 0.3 is 0 Å². The average Bonchev–Trinajstić information content (AvgIpc) is 3.14. The number of carbonyl (C=O) groups is 1. The average molecular weight is 406 g/mol. The van der Waals surface area contributed by atoms with Crippen molar-refractivity contribution in [2.45, 2.75) is 13.0 Å². The number of aryl methyl sites for hydroxylation is 1. The Hall–Kier alpha value is -3.26. The highest BCUT2D eigenvalue weighted by atomic mass is 16.5. The first-order valence-electron chi connectivity index (χ1n) is 10.00. The van der Waals surface area contributed by atoms with Crippen LogP contribution in [-0.4, -0.2) is 69.2 Å². The van der Waals surface area contributed by atoms with Crippen LogP contribution in [0.4, 0.5) is 0 Å². The first-order chi connectivity index (χ1) is 14.5. The summed E-state index contributed by atoms with van der Waals surface area (Å²) in [6.45, 7) is 3.16. The van der Waals surface area contributed by atoms with Crippen LogP contribution in [0.5, 0.6) is 5.75 Å². The number of carbonyl (C=O) groups excluding carboxylic acids is 1. The Balaban J connectivity index is 1.57. The Morgan fingerprint density at radius 3 is 2.53 bits per heavy atom. The fourth-order valence-corrected chi connectivity index (χ4v) is 3.65. The van der Waals surface area contributed by atoms with Crippen molar-refractivity contribution in [2.75, 3.05) is 33.8 Å². The zero-order valence-electron chi connectivity index (χ0n) is 17.6. The normalized spacial score (nSPS) is 15.3. The predicted octanol–water partition coefficient (Wildman–Crippen LogP) is 2.22. The SMILES string of the molecule is COc1ccc(CN2CCC(=O)N(C)CC2)cc1-c1ccc(-c2nccn2C)nn1. The second kappa shape index (κ2) is 8.62. The fourth-order valence-electron chi connectivity index (χ4n) is 3.65. The van der Waals surface area contributed by atoms with Gasteiger partial charge in [-0.05, 0) is 29.8 Å². The van der Waals surface area contributed by atoms with Gasteiger partial charge in [0.2, 0.25) is 5.91 Å². The molecule has 0 unspecified atom stereocenters. The number of aromatic nitrogens is 4. The Morgan fingerprint density at radius 1 is 1.03 bits per heavy atom. The molecule has 4 rings (SSSR count). The van der Waals surface area contributed by atoms with Crippen LogP contribution in [0, 0.1) is 0 Å². The van der Waals surface area contributed by atoms with E-state index in [1.807, 2.05) is 43.1 Å². The van der Waals surface area contributed by atoms with E-state index < -0.39 is 0 Å². The lowest BCUT2D eigenvalue weighted by Gasteiger charge is -2.20. The van der Waals surface area contributed by atoms with Gasteiger partial charge in [-0.15, -0.1) is 10.2 Å². The van der Waals surface area contributed by atoms with Crippen molar-refractivity contribution in [2.24, 2.45) is 7.05 Å². The number of likely N-dealkylation sites (N-methyl/N-ethyl adjacent to an activating group) is 1. The Kier molecular flexibility index (Phi) is 5.76. The van der Waals surface area contributed by atoms with Gasteiger partial charge in [0.05, 0.1) is 12.8 Å². The molecule has 3 heterocycles. The number of hydrogen-bond acceptors (Lipinski definition) is 6. The Bertz CT molecular complexity index is 1030. The topological polar surface area (TPSA) is 76.4 Å². The molecule has 156 valence electrons. The molecular weight excluding hydrogens is 380 g/mol. The van der Waals surface area contributed by atoms with Crippen molar-refractivity contribution in [3.63, 3.8) is 0 Å². The van der Waals surface area contributed by atoms with Crippen molar-refractivity contribution >= 4 is 5.91 Å². The van der Waals surface area contributed by atoms with Crippen LogP contribution < -0.4 is 4.74 Å². The summed E-state index contributed by atoms with van der Waals surface area (Å²) < 4.78 is 7.48. The second-order valence-electron chi connectivity index (χ2n) is 7.54. The zero-order chi connectivity index (χ0) is 21.1. The molecule has 0 radical (unpaired) electrons. The monoisotopic (exact) mass is 406 g/mol. The molecule has 2 aromatic heterocycles. The zero-order valence-corrected chi connectivity index (χ0v) is 17.6. The first-order valence-corrected chi connectivity index (χ1v) is 10.00. The molecule has 8 nitrogen and oxygen atoms in total. The number of nitrogens with zero attached hydrogens (tertiary/aromatic N) is 6. The molecule has 1 saturated heterocycles. The van der Waals surface area contributed by atoms with Gasteiger partial charge in [-0.2, -0.15) is 0 Å². The smallest absolute Gasteiger partial charge is 0.223 e. The van der Waals surface area contributed by atoms with Crippen molar-refractivity contribution in [1.82, 2.24) is 29.5 Å². The molecule has 3 aromatic rings. The summed E-state index contributed by atoms with van der Waals surface area (Å²) >= 11 is 0. The quantitative estimate of drug-likeness (QED) is 0.647. The molecule has 30 heavy (non-hydrogen) atoms. The number of ether oxygens (including phenoxy) is 1. The van der Waals surface area contributed by atoms with Gasteiger partial charge in [-0.3, -0.25) is 9.69 Å². The maximum absolute atomic E-state index is 11.9. The minimum atomic E-state index is 0.205. The molecule has 0 atom stereocenters. The van der Waals surface area contributed by atoms with Gasteiger partial charge < -0.3 is 14.2 Å². The van der Waals surface area contributed by atoms with Gasteiger partial charge in [-0.1, -0.05) is 6.07 Å². The minimum Gasteiger partial charge on any atom is -0.496 e. The van der Waals surface area contributed by atoms with Crippen LogP contribution >= 0.6 is 0 Å². The molecule has 0 spiro atoms. The number of amides is 1. The fraction of sp³-hybridized carbons (Fsp3) is 0.364. The van der Waals surface area contributed by atoms with Gasteiger partial charge in [0.1, 0.15) is 11.4 Å². The van der Waals surface area contributed by atoms with E-state index in [4.69, 9.17) is 4.74 Å². The maximum Gasteiger partial charge on any atom is 0.223 e. The lowest BCUT2D eigenvalue weighted by Crippen LogP contribution is -2.29. The third kappa shape index (κ3) is 4.18. The summed E-state index contributed by atoms with van der Waals surface area (Å²) in [7, 11) is 5.45. The number of benzene rings is 1. The lowest BCUT2D eigenvalue weighted by atomic mass is 10.1. The minimum absolute atomic E-state index is 0.205. The number of hydrogen-bond donors (Lipinski definition) is 0. The third-order valence-electron chi connectivity index (χ3n) is 5.48. The molecule has 8 heteroatoms. The van der Waals surface area contributed by atoms with Gasteiger partial charge in [-0.25, -0.2) is 4.98 Å². The van der Waals surface area contributed by atoms with E-state index in [9.17, 15) is 4.79 Å². The summed E-state index contributed by atoms with van der Waals surface area (Å²) in [6, 6.07) is 9.99. The summed E-state index contributed by atoms with van der Waals surface area (Å²) in [4.78, 5) is 20.4. The standard InChI is InChI=1S/C22H26N6O2/c1-26-12-13-28(10-8-21(26)29)15-16-4-7-20(30-3)17(14-16)18-5-6-19(25-24-18)22-23-9-11-27(22)2/h4-7,9,11,14H,8,10,12-13,15H2,1-3H3. The van der Waals surface area contributed by atoms with Gasteiger partial charge in [0.25, 0.3) is 0 Å². The third-order valence-corrected chi connectivity index (χ3v) is 5.48. The Morgan fingerprint density at radius 2 is 1.83 bits per heavy atom. The number of imidazole rings is 1. The van der Waals surface area contributed by atoms with E-state index in [0.29, 0.717) is 6.42 Å². The van der Waals surface area contributed by atoms with Crippen LogP contribution in [0.15, 0.2) is 42.7 Å². The van der Waals surface area contributed by atoms with Crippen molar-refractivity contribution < 1.29 is 9.53 Å². The summed E-state index contributed by atoms with van der Waals surface area (Å²) in [5.74, 6) is 1.73. The first kappa shape index (κ1) is 20.0. The molecule has 1 aromatic carbocycles. The van der Waals surface area contributed by atoms with E-state index in [1.54, 1.807) is 18.2 Å². The van der Waals surface area contributed by atoms with Gasteiger partial charge in [0, 0.05) is 64.7 Å². The van der Waals surface area contributed by atoms with Crippen LogP contribution in [0.25, 0.3) is 22.8 Å². The van der Waals surface area contributed by atoms with E-state index in [-0.39, 0.29) is 5.91 Å². The highest BCUT2D eigenvalue weighted by molar-refractivity contribution is 5.76. The summed E-state index contributed by atoms with van der Waals surface area (Å²) in [6.07, 6.45) is 4.18. The van der Waals surface area contributed by atoms with Gasteiger partial charge in [0.15, 0.2) is 5.82 Å². The number of rotatable bonds is 5. The molecule has 1 fully saturated rings. The summed E-state index contributed by atoms with van der Waals surface area (Å²) in [5.41, 5.74) is 3.52. The largest absolute Gasteiger partial charge is 0.496 e. The maximum atomic E-state index is 11.9. The Labute approximate surface area is 176 Å². The van der Waals surface area contributed by atoms with E-state index in [2.05, 4.69) is 32.2 Å². The molecule has 0 aliphatic carbocycles. The molecule has 0 saturated carbocycles. The lowest BCUT2D eigenvalue weighted by molar-refractivity contribution is -0.129. The van der Waals surface area contributed by atoms with Crippen LogP contribution in [0.2, 0.25) is 0 Å². The van der Waals surface area contributed by atoms with Crippen LogP contribution in [0.3, 0.4) is 0 Å². The molecule has 0 bridgehead atoms. The summed E-state index contributed by atoms with van der Waals surface area (Å²) in [5, 5.41) is 8.80. The van der Waals surface area contributed by atoms with Crippen molar-refractivity contribution in [3.8, 4) is 28.5 Å². The van der Waals surface area contributed by atoms with E-state index in [1.165, 1.54) is 0 Å². The molecule has 1 amide bonds.